The molecule has 3 rings (SSSR count). The van der Waals surface area contributed by atoms with Crippen molar-refractivity contribution in [1.29, 1.82) is 0 Å². The molecule has 0 aliphatic heterocycles. The Hall–Kier alpha value is -2.18. The number of hydrogen-bond donors (Lipinski definition) is 1. The van der Waals surface area contributed by atoms with Gasteiger partial charge >= 0.3 is 0 Å². The highest BCUT2D eigenvalue weighted by molar-refractivity contribution is 7.11. The third-order valence-electron chi connectivity index (χ3n) is 3.26. The van der Waals surface area contributed by atoms with Gasteiger partial charge in [0.1, 0.15) is 5.82 Å². The van der Waals surface area contributed by atoms with E-state index in [1.54, 1.807) is 35.1 Å². The Morgan fingerprint density at radius 2 is 1.96 bits per heavy atom. The van der Waals surface area contributed by atoms with Crippen LogP contribution in [-0.2, 0) is 6.54 Å². The normalized spacial score (nSPS) is 10.7. The number of benzene rings is 1. The van der Waals surface area contributed by atoms with Crippen LogP contribution in [0.4, 0.5) is 0 Å². The Balaban J connectivity index is 1.74. The molecule has 2 heterocycles. The molecule has 1 N–H and O–H groups in total. The number of aryl methyl sites for hydroxylation is 2. The highest BCUT2D eigenvalue weighted by Gasteiger charge is 2.15. The molecule has 7 heteroatoms. The summed E-state index contributed by atoms with van der Waals surface area (Å²) in [6, 6.07) is 11.3. The number of aromatic nitrogens is 3. The van der Waals surface area contributed by atoms with Gasteiger partial charge in [-0.2, -0.15) is 0 Å². The number of hydrogen-bond acceptors (Lipinski definition) is 4. The van der Waals surface area contributed by atoms with Gasteiger partial charge in [0.2, 0.25) is 5.82 Å². The van der Waals surface area contributed by atoms with Crippen molar-refractivity contribution in [2.45, 2.75) is 20.4 Å². The fourth-order valence-electron chi connectivity index (χ4n) is 2.14. The van der Waals surface area contributed by atoms with E-state index in [9.17, 15) is 4.79 Å². The third-order valence-corrected chi connectivity index (χ3v) is 4.52. The van der Waals surface area contributed by atoms with Gasteiger partial charge in [-0.25, -0.2) is 9.67 Å². The van der Waals surface area contributed by atoms with E-state index < -0.39 is 0 Å². The van der Waals surface area contributed by atoms with Crippen molar-refractivity contribution in [2.24, 2.45) is 0 Å². The lowest BCUT2D eigenvalue weighted by atomic mass is 10.3. The van der Waals surface area contributed by atoms with Gasteiger partial charge in [-0.3, -0.25) is 4.79 Å². The summed E-state index contributed by atoms with van der Waals surface area (Å²) in [5.74, 6) is 0.516. The van der Waals surface area contributed by atoms with E-state index in [-0.39, 0.29) is 11.7 Å². The van der Waals surface area contributed by atoms with Crippen LogP contribution in [-0.4, -0.2) is 20.7 Å². The minimum atomic E-state index is -0.285. The average Bonchev–Trinajstić information content (AvgIpc) is 3.12. The zero-order valence-electron chi connectivity index (χ0n) is 12.7. The zero-order chi connectivity index (χ0) is 16.4. The number of nitrogens with one attached hydrogen (secondary N) is 1. The van der Waals surface area contributed by atoms with E-state index in [1.165, 1.54) is 4.88 Å². The molecule has 0 unspecified atom stereocenters. The Bertz CT molecular complexity index is 838. The van der Waals surface area contributed by atoms with Crippen molar-refractivity contribution in [3.05, 3.63) is 62.8 Å². The Kier molecular flexibility index (Phi) is 4.45. The topological polar surface area (TPSA) is 59.8 Å². The van der Waals surface area contributed by atoms with Crippen LogP contribution in [0.5, 0.6) is 0 Å². The second-order valence-electron chi connectivity index (χ2n) is 5.07. The van der Waals surface area contributed by atoms with Gasteiger partial charge in [0.05, 0.1) is 12.2 Å². The van der Waals surface area contributed by atoms with E-state index in [0.717, 1.165) is 10.6 Å². The molecule has 3 aromatic rings. The molecule has 118 valence electrons. The predicted molar refractivity (Wildman–Crippen MR) is 91.3 cm³/mol. The largest absolute Gasteiger partial charge is 0.344 e. The molecular formula is C16H15ClN4OS. The van der Waals surface area contributed by atoms with Crippen LogP contribution in [0.1, 0.15) is 26.2 Å². The average molecular weight is 347 g/mol. The second kappa shape index (κ2) is 6.52. The standard InChI is InChI=1S/C16H15ClN4OS/c1-10-3-8-14(23-10)9-18-16(22)15-19-11(2)21(20-15)13-6-4-12(17)5-7-13/h3-8H,9H2,1-2H3,(H,18,22). The number of rotatable bonds is 4. The number of nitrogens with zero attached hydrogens (tertiary/aromatic N) is 3. The number of carbonyl (C=O) groups excluding carboxylic acids is 1. The Morgan fingerprint density at radius 3 is 2.61 bits per heavy atom. The molecule has 0 aliphatic rings. The monoisotopic (exact) mass is 346 g/mol. The molecule has 0 saturated heterocycles. The van der Waals surface area contributed by atoms with Gasteiger partial charge in [-0.1, -0.05) is 11.6 Å². The van der Waals surface area contributed by atoms with E-state index in [0.29, 0.717) is 17.4 Å². The molecule has 0 aliphatic carbocycles. The third kappa shape index (κ3) is 3.60. The van der Waals surface area contributed by atoms with E-state index in [2.05, 4.69) is 15.4 Å². The molecule has 0 spiro atoms. The van der Waals surface area contributed by atoms with E-state index in [1.807, 2.05) is 31.2 Å². The molecule has 0 radical (unpaired) electrons. The summed E-state index contributed by atoms with van der Waals surface area (Å²) in [4.78, 5) is 18.8. The first-order chi connectivity index (χ1) is 11.0. The van der Waals surface area contributed by atoms with Gasteiger partial charge in [0.25, 0.3) is 5.91 Å². The van der Waals surface area contributed by atoms with Gasteiger partial charge in [-0.05, 0) is 50.2 Å². The minimum absolute atomic E-state index is 0.158. The highest BCUT2D eigenvalue weighted by Crippen LogP contribution is 2.16. The first-order valence-corrected chi connectivity index (χ1v) is 8.25. The SMILES string of the molecule is Cc1ccc(CNC(=O)c2nc(C)n(-c3ccc(Cl)cc3)n2)s1. The number of halogens is 1. The Morgan fingerprint density at radius 1 is 1.22 bits per heavy atom. The lowest BCUT2D eigenvalue weighted by Crippen LogP contribution is -2.23. The molecule has 0 saturated carbocycles. The van der Waals surface area contributed by atoms with Gasteiger partial charge in [0, 0.05) is 14.8 Å². The van der Waals surface area contributed by atoms with Crippen molar-refractivity contribution in [2.75, 3.05) is 0 Å². The molecule has 0 atom stereocenters. The first-order valence-electron chi connectivity index (χ1n) is 7.06. The summed E-state index contributed by atoms with van der Waals surface area (Å²) in [6.07, 6.45) is 0. The van der Waals surface area contributed by atoms with Crippen molar-refractivity contribution < 1.29 is 4.79 Å². The summed E-state index contributed by atoms with van der Waals surface area (Å²) >= 11 is 7.55. The van der Waals surface area contributed by atoms with Crippen LogP contribution in [0.2, 0.25) is 5.02 Å². The molecule has 5 nitrogen and oxygen atoms in total. The summed E-state index contributed by atoms with van der Waals surface area (Å²) in [5.41, 5.74) is 0.812. The van der Waals surface area contributed by atoms with Crippen molar-refractivity contribution in [1.82, 2.24) is 20.1 Å². The number of carbonyl (C=O) groups is 1. The van der Waals surface area contributed by atoms with Crippen LogP contribution in [0, 0.1) is 13.8 Å². The molecular weight excluding hydrogens is 332 g/mol. The fourth-order valence-corrected chi connectivity index (χ4v) is 3.10. The molecule has 2 aromatic heterocycles. The summed E-state index contributed by atoms with van der Waals surface area (Å²) < 4.78 is 1.63. The Labute approximate surface area is 142 Å². The summed E-state index contributed by atoms with van der Waals surface area (Å²) in [5, 5.41) is 7.77. The van der Waals surface area contributed by atoms with E-state index in [4.69, 9.17) is 11.6 Å². The molecule has 0 fully saturated rings. The minimum Gasteiger partial charge on any atom is -0.344 e. The van der Waals surface area contributed by atoms with Crippen molar-refractivity contribution >= 4 is 28.8 Å². The van der Waals surface area contributed by atoms with Crippen LogP contribution in [0.15, 0.2) is 36.4 Å². The van der Waals surface area contributed by atoms with Gasteiger partial charge in [0.15, 0.2) is 0 Å². The summed E-state index contributed by atoms with van der Waals surface area (Å²) in [7, 11) is 0. The van der Waals surface area contributed by atoms with Crippen molar-refractivity contribution in [3.63, 3.8) is 0 Å². The van der Waals surface area contributed by atoms with Crippen LogP contribution < -0.4 is 5.32 Å². The number of amides is 1. The first kappa shape index (κ1) is 15.7. The fraction of sp³-hybridized carbons (Fsp3) is 0.188. The van der Waals surface area contributed by atoms with E-state index >= 15 is 0 Å². The lowest BCUT2D eigenvalue weighted by Gasteiger charge is -2.02. The van der Waals surface area contributed by atoms with Crippen LogP contribution >= 0.6 is 22.9 Å². The molecule has 0 bridgehead atoms. The van der Waals surface area contributed by atoms with Crippen molar-refractivity contribution in [3.8, 4) is 5.69 Å². The maximum atomic E-state index is 12.2. The van der Waals surface area contributed by atoms with Gasteiger partial charge in [-0.15, -0.1) is 16.4 Å². The van der Waals surface area contributed by atoms with Gasteiger partial charge < -0.3 is 5.32 Å². The smallest absolute Gasteiger partial charge is 0.291 e. The quantitative estimate of drug-likeness (QED) is 0.786. The number of thiophene rings is 1. The highest BCUT2D eigenvalue weighted by atomic mass is 35.5. The predicted octanol–water partition coefficient (Wildman–Crippen LogP) is 3.53. The van der Waals surface area contributed by atoms with Crippen LogP contribution in [0.3, 0.4) is 0 Å². The maximum absolute atomic E-state index is 12.2. The second-order valence-corrected chi connectivity index (χ2v) is 6.87. The summed E-state index contributed by atoms with van der Waals surface area (Å²) in [6.45, 7) is 4.32. The molecule has 1 aromatic carbocycles. The molecule has 1 amide bonds. The maximum Gasteiger partial charge on any atom is 0.291 e. The molecule has 23 heavy (non-hydrogen) atoms. The zero-order valence-corrected chi connectivity index (χ0v) is 14.3. The lowest BCUT2D eigenvalue weighted by molar-refractivity contribution is 0.0941. The van der Waals surface area contributed by atoms with Crippen LogP contribution in [0.25, 0.3) is 5.69 Å².